The van der Waals surface area contributed by atoms with E-state index in [1.165, 1.54) is 0 Å². The van der Waals surface area contributed by atoms with Crippen LogP contribution in [0.15, 0.2) is 0 Å². The molecule has 9 nitrogen and oxygen atoms in total. The molecule has 1 rings (SSSR count). The zero-order chi connectivity index (χ0) is 12.5. The lowest BCUT2D eigenvalue weighted by atomic mass is 10.00. The summed E-state index contributed by atoms with van der Waals surface area (Å²) in [7, 11) is -4.73. The van der Waals surface area contributed by atoms with E-state index < -0.39 is 45.1 Å². The predicted octanol–water partition coefficient (Wildman–Crippen LogP) is -3.10. The molecule has 0 aromatic heterocycles. The molecule has 96 valence electrons. The summed E-state index contributed by atoms with van der Waals surface area (Å²) >= 11 is 0. The second-order valence-corrected chi connectivity index (χ2v) is 4.56. The molecule has 5 atom stereocenters. The molecule has 0 amide bonds. The average Bonchev–Trinajstić information content (AvgIpc) is 2.17. The summed E-state index contributed by atoms with van der Waals surface area (Å²) < 4.78 is 19.0. The molecule has 1 aliphatic rings. The van der Waals surface area contributed by atoms with E-state index in [2.05, 4.69) is 9.26 Å². The van der Waals surface area contributed by atoms with Gasteiger partial charge >= 0.3 is 7.82 Å². The molecule has 0 aromatic carbocycles. The molecule has 0 saturated carbocycles. The molecule has 6 N–H and O–H groups in total. The van der Waals surface area contributed by atoms with E-state index in [9.17, 15) is 14.8 Å². The molecule has 16 heavy (non-hydrogen) atoms. The molecule has 0 spiro atoms. The van der Waals surface area contributed by atoms with Gasteiger partial charge in [0.1, 0.15) is 24.4 Å². The summed E-state index contributed by atoms with van der Waals surface area (Å²) in [4.78, 5) is 16.8. The van der Waals surface area contributed by atoms with Gasteiger partial charge in [0.05, 0.1) is 6.61 Å². The van der Waals surface area contributed by atoms with Crippen LogP contribution in [-0.4, -0.2) is 67.5 Å². The largest absolute Gasteiger partial charge is 0.469 e. The van der Waals surface area contributed by atoms with Crippen molar-refractivity contribution in [2.45, 2.75) is 30.7 Å². The van der Waals surface area contributed by atoms with Gasteiger partial charge in [-0.2, -0.15) is 0 Å². The highest BCUT2D eigenvalue weighted by molar-refractivity contribution is 7.46. The highest BCUT2D eigenvalue weighted by Gasteiger charge is 2.43. The molecular formula is C6H13O9P. The zero-order valence-corrected chi connectivity index (χ0v) is 8.84. The fraction of sp³-hybridized carbons (Fsp3) is 1.00. The Balaban J connectivity index is 2.57. The first-order valence-electron chi connectivity index (χ1n) is 4.30. The highest BCUT2D eigenvalue weighted by atomic mass is 31.2. The predicted molar refractivity (Wildman–Crippen MR) is 46.9 cm³/mol. The van der Waals surface area contributed by atoms with Crippen LogP contribution in [0, 0.1) is 0 Å². The topological polar surface area (TPSA) is 157 Å². The Labute approximate surface area is 90.1 Å². The van der Waals surface area contributed by atoms with E-state index >= 15 is 0 Å². The average molecular weight is 260 g/mol. The van der Waals surface area contributed by atoms with Crippen LogP contribution in [0.3, 0.4) is 0 Å². The Morgan fingerprint density at radius 3 is 2.12 bits per heavy atom. The number of aliphatic hydroxyl groups excluding tert-OH is 4. The van der Waals surface area contributed by atoms with Crippen LogP contribution in [0.25, 0.3) is 0 Å². The van der Waals surface area contributed by atoms with E-state index in [1.54, 1.807) is 0 Å². The summed E-state index contributed by atoms with van der Waals surface area (Å²) in [5.74, 6) is 0. The van der Waals surface area contributed by atoms with Crippen LogP contribution in [0.5, 0.6) is 0 Å². The highest BCUT2D eigenvalue weighted by Crippen LogP contribution is 2.36. The van der Waals surface area contributed by atoms with Gasteiger partial charge in [-0.15, -0.1) is 0 Å². The van der Waals surface area contributed by atoms with Crippen LogP contribution < -0.4 is 0 Å². The lowest BCUT2D eigenvalue weighted by molar-refractivity contribution is -0.285. The molecule has 10 heteroatoms. The minimum absolute atomic E-state index is 0.730. The summed E-state index contributed by atoms with van der Waals surface area (Å²) in [5.41, 5.74) is 0. The second kappa shape index (κ2) is 5.05. The number of ether oxygens (including phenoxy) is 1. The number of hydrogen-bond donors (Lipinski definition) is 6. The normalized spacial score (nSPS) is 41.0. The van der Waals surface area contributed by atoms with Gasteiger partial charge in [0.25, 0.3) is 0 Å². The Bertz CT molecular complexity index is 277. The summed E-state index contributed by atoms with van der Waals surface area (Å²) in [6, 6.07) is 0. The maximum Gasteiger partial charge on any atom is 0.469 e. The number of phosphoric ester groups is 1. The van der Waals surface area contributed by atoms with Crippen molar-refractivity contribution in [3.63, 3.8) is 0 Å². The van der Waals surface area contributed by atoms with Crippen LogP contribution >= 0.6 is 7.82 Å². The van der Waals surface area contributed by atoms with Crippen LogP contribution in [-0.2, 0) is 13.8 Å². The van der Waals surface area contributed by atoms with E-state index in [0.29, 0.717) is 0 Å². The third-order valence-corrected chi connectivity index (χ3v) is 2.58. The van der Waals surface area contributed by atoms with Gasteiger partial charge in [0.2, 0.25) is 0 Å². The molecule has 0 radical (unpaired) electrons. The van der Waals surface area contributed by atoms with E-state index in [1.807, 2.05) is 0 Å². The van der Waals surface area contributed by atoms with Crippen LogP contribution in [0.4, 0.5) is 0 Å². The molecular weight excluding hydrogens is 247 g/mol. The third-order valence-electron chi connectivity index (χ3n) is 2.09. The molecule has 1 heterocycles. The SMILES string of the molecule is O=P(O)(O)OCC1O[C@@H](O)[C@@H](O)C(O)[C@H]1O. The second-order valence-electron chi connectivity index (χ2n) is 3.32. The van der Waals surface area contributed by atoms with Gasteiger partial charge in [-0.05, 0) is 0 Å². The molecule has 1 fully saturated rings. The maximum absolute atomic E-state index is 10.4. The first-order chi connectivity index (χ1) is 7.22. The molecule has 0 aliphatic carbocycles. The zero-order valence-electron chi connectivity index (χ0n) is 7.95. The van der Waals surface area contributed by atoms with Crippen LogP contribution in [0.1, 0.15) is 0 Å². The first-order valence-corrected chi connectivity index (χ1v) is 5.83. The van der Waals surface area contributed by atoms with E-state index in [4.69, 9.17) is 20.0 Å². The van der Waals surface area contributed by atoms with Gasteiger partial charge in [-0.1, -0.05) is 0 Å². The van der Waals surface area contributed by atoms with Crippen molar-refractivity contribution in [3.8, 4) is 0 Å². The number of hydrogen-bond acceptors (Lipinski definition) is 7. The lowest BCUT2D eigenvalue weighted by Crippen LogP contribution is -2.58. The smallest absolute Gasteiger partial charge is 0.387 e. The van der Waals surface area contributed by atoms with E-state index in [-0.39, 0.29) is 0 Å². The van der Waals surface area contributed by atoms with Gasteiger partial charge in [-0.3, -0.25) is 4.52 Å². The van der Waals surface area contributed by atoms with Crippen molar-refractivity contribution in [1.29, 1.82) is 0 Å². The van der Waals surface area contributed by atoms with Crippen molar-refractivity contribution in [1.82, 2.24) is 0 Å². The summed E-state index contributed by atoms with van der Waals surface area (Å²) in [6.07, 6.45) is -8.11. The van der Waals surface area contributed by atoms with E-state index in [0.717, 1.165) is 0 Å². The molecule has 1 saturated heterocycles. The number of phosphoric acid groups is 1. The minimum Gasteiger partial charge on any atom is -0.387 e. The fourth-order valence-electron chi connectivity index (χ4n) is 1.24. The Hall–Kier alpha value is -0.0900. The third kappa shape index (κ3) is 3.45. The van der Waals surface area contributed by atoms with Gasteiger partial charge in [-0.25, -0.2) is 4.57 Å². The van der Waals surface area contributed by atoms with Crippen molar-refractivity contribution >= 4 is 7.82 Å². The van der Waals surface area contributed by atoms with Crippen molar-refractivity contribution < 1.29 is 44.0 Å². The quantitative estimate of drug-likeness (QED) is 0.289. The van der Waals surface area contributed by atoms with Crippen LogP contribution in [0.2, 0.25) is 0 Å². The minimum atomic E-state index is -4.73. The molecule has 0 aromatic rings. The summed E-state index contributed by atoms with van der Waals surface area (Å²) in [5, 5.41) is 36.7. The Kier molecular flexibility index (Phi) is 4.41. The fourth-order valence-corrected chi connectivity index (χ4v) is 1.58. The lowest BCUT2D eigenvalue weighted by Gasteiger charge is -2.38. The maximum atomic E-state index is 10.4. The first kappa shape index (κ1) is 14.0. The number of aliphatic hydroxyl groups is 4. The monoisotopic (exact) mass is 260 g/mol. The van der Waals surface area contributed by atoms with Gasteiger partial charge in [0, 0.05) is 0 Å². The molecule has 1 aliphatic heterocycles. The van der Waals surface area contributed by atoms with Gasteiger partial charge in [0.15, 0.2) is 6.29 Å². The Morgan fingerprint density at radius 1 is 1.06 bits per heavy atom. The molecule has 0 bridgehead atoms. The van der Waals surface area contributed by atoms with Crippen molar-refractivity contribution in [3.05, 3.63) is 0 Å². The van der Waals surface area contributed by atoms with Gasteiger partial charge < -0.3 is 34.9 Å². The standard InChI is InChI=1S/C6H13O9P/c7-3-2(1-14-16(11,12)13)15-6(10)5(9)4(3)8/h2-10H,1H2,(H2,11,12,13)/t2?,3-,4?,5-,6+/m0/s1. The summed E-state index contributed by atoms with van der Waals surface area (Å²) in [6.45, 7) is -0.730. The number of rotatable bonds is 3. The molecule has 2 unspecified atom stereocenters. The van der Waals surface area contributed by atoms with Crippen molar-refractivity contribution in [2.24, 2.45) is 0 Å². The Morgan fingerprint density at radius 2 is 1.62 bits per heavy atom. The van der Waals surface area contributed by atoms with Crippen molar-refractivity contribution in [2.75, 3.05) is 6.61 Å².